The normalized spacial score (nSPS) is 20.6. The van der Waals surface area contributed by atoms with Gasteiger partial charge in [-0.15, -0.1) is 5.10 Å². The van der Waals surface area contributed by atoms with Crippen molar-refractivity contribution >= 4 is 11.9 Å². The molecular weight excluding hydrogens is 292 g/mol. The number of carbonyl (C=O) groups is 1. The van der Waals surface area contributed by atoms with Gasteiger partial charge in [0.1, 0.15) is 11.6 Å². The lowest BCUT2D eigenvalue weighted by Crippen LogP contribution is -2.20. The van der Waals surface area contributed by atoms with E-state index in [1.807, 2.05) is 12.1 Å². The molecule has 23 heavy (non-hydrogen) atoms. The molecule has 6 heteroatoms. The summed E-state index contributed by atoms with van der Waals surface area (Å²) in [6.07, 6.45) is 6.23. The van der Waals surface area contributed by atoms with E-state index in [2.05, 4.69) is 20.5 Å². The number of aryl methyl sites for hydroxylation is 1. The van der Waals surface area contributed by atoms with Crippen molar-refractivity contribution in [2.75, 3.05) is 5.32 Å². The molecular formula is C17H20N4O2. The zero-order valence-electron chi connectivity index (χ0n) is 12.9. The number of phenolic OH excluding ortho intramolecular Hbond substituents is 1. The first kappa shape index (κ1) is 14.2. The average Bonchev–Trinajstić information content (AvgIpc) is 3.27. The van der Waals surface area contributed by atoms with Crippen molar-refractivity contribution in [3.05, 3.63) is 35.2 Å². The van der Waals surface area contributed by atoms with E-state index in [4.69, 9.17) is 0 Å². The fourth-order valence-electron chi connectivity index (χ4n) is 3.84. The Kier molecular flexibility index (Phi) is 3.52. The molecule has 0 spiro atoms. The fraction of sp³-hybridized carbons (Fsp3) is 0.471. The molecule has 1 heterocycles. The van der Waals surface area contributed by atoms with Gasteiger partial charge < -0.3 is 5.11 Å². The molecule has 2 aliphatic carbocycles. The number of nitrogens with zero attached hydrogens (tertiary/aromatic N) is 2. The summed E-state index contributed by atoms with van der Waals surface area (Å²) in [5.74, 6) is 1.35. The molecule has 1 unspecified atom stereocenters. The summed E-state index contributed by atoms with van der Waals surface area (Å²) in [6.45, 7) is 0. The van der Waals surface area contributed by atoms with Crippen LogP contribution in [-0.4, -0.2) is 26.2 Å². The number of aromatic amines is 1. The summed E-state index contributed by atoms with van der Waals surface area (Å²) < 4.78 is 0. The maximum Gasteiger partial charge on any atom is 0.248 e. The van der Waals surface area contributed by atoms with Gasteiger partial charge in [0.2, 0.25) is 11.9 Å². The van der Waals surface area contributed by atoms with Crippen molar-refractivity contribution in [1.82, 2.24) is 15.2 Å². The third-order valence-corrected chi connectivity index (χ3v) is 5.02. The Morgan fingerprint density at radius 2 is 2.09 bits per heavy atom. The summed E-state index contributed by atoms with van der Waals surface area (Å²) >= 11 is 0. The minimum Gasteiger partial charge on any atom is -0.508 e. The third-order valence-electron chi connectivity index (χ3n) is 5.02. The standard InChI is InChI=1S/C17H20N4O2/c22-13-7-3-6-10-8-9-12(14(10)13)16(23)19-17-18-15(20-21-17)11-4-1-2-5-11/h3,6-7,11-12,22H,1-2,4-5,8-9H2,(H2,18,19,20,21,23). The van der Waals surface area contributed by atoms with Crippen LogP contribution in [0.25, 0.3) is 0 Å². The van der Waals surface area contributed by atoms with E-state index in [0.717, 1.165) is 36.2 Å². The number of phenols is 1. The smallest absolute Gasteiger partial charge is 0.248 e. The first-order valence-electron chi connectivity index (χ1n) is 8.26. The van der Waals surface area contributed by atoms with Gasteiger partial charge in [0.05, 0.1) is 5.92 Å². The highest BCUT2D eigenvalue weighted by Crippen LogP contribution is 2.39. The molecule has 6 nitrogen and oxygen atoms in total. The number of amides is 1. The maximum absolute atomic E-state index is 12.5. The van der Waals surface area contributed by atoms with Gasteiger partial charge in [-0.3, -0.25) is 15.2 Å². The fourth-order valence-corrected chi connectivity index (χ4v) is 3.84. The Morgan fingerprint density at radius 1 is 1.26 bits per heavy atom. The molecule has 0 aliphatic heterocycles. The van der Waals surface area contributed by atoms with Gasteiger partial charge in [0, 0.05) is 11.5 Å². The molecule has 1 aromatic heterocycles. The van der Waals surface area contributed by atoms with Crippen LogP contribution in [0.15, 0.2) is 18.2 Å². The second-order valence-corrected chi connectivity index (χ2v) is 6.46. The van der Waals surface area contributed by atoms with E-state index in [9.17, 15) is 9.90 Å². The van der Waals surface area contributed by atoms with Crippen molar-refractivity contribution < 1.29 is 9.90 Å². The number of aromatic nitrogens is 3. The molecule has 2 aromatic rings. The summed E-state index contributed by atoms with van der Waals surface area (Å²) in [4.78, 5) is 17.0. The largest absolute Gasteiger partial charge is 0.508 e. The number of rotatable bonds is 3. The second kappa shape index (κ2) is 5.68. The number of benzene rings is 1. The molecule has 3 N–H and O–H groups in total. The van der Waals surface area contributed by atoms with Crippen LogP contribution in [-0.2, 0) is 11.2 Å². The van der Waals surface area contributed by atoms with Gasteiger partial charge in [-0.2, -0.15) is 4.98 Å². The van der Waals surface area contributed by atoms with Gasteiger partial charge >= 0.3 is 0 Å². The Labute approximate surface area is 134 Å². The lowest BCUT2D eigenvalue weighted by Gasteiger charge is -2.11. The third kappa shape index (κ3) is 2.58. The van der Waals surface area contributed by atoms with Gasteiger partial charge in [-0.05, 0) is 37.3 Å². The van der Waals surface area contributed by atoms with Crippen molar-refractivity contribution in [1.29, 1.82) is 0 Å². The molecule has 0 bridgehead atoms. The predicted octanol–water partition coefficient (Wildman–Crippen LogP) is 2.84. The van der Waals surface area contributed by atoms with Crippen molar-refractivity contribution in [2.45, 2.75) is 50.4 Å². The number of H-pyrrole nitrogens is 1. The molecule has 1 fully saturated rings. The highest BCUT2D eigenvalue weighted by atomic mass is 16.3. The predicted molar refractivity (Wildman–Crippen MR) is 85.4 cm³/mol. The molecule has 1 atom stereocenters. The molecule has 0 saturated heterocycles. The minimum atomic E-state index is -0.334. The highest BCUT2D eigenvalue weighted by molar-refractivity contribution is 5.95. The van der Waals surface area contributed by atoms with E-state index in [-0.39, 0.29) is 17.6 Å². The van der Waals surface area contributed by atoms with E-state index < -0.39 is 0 Å². The number of carbonyl (C=O) groups excluding carboxylic acids is 1. The van der Waals surface area contributed by atoms with Gasteiger partial charge in [-0.25, -0.2) is 0 Å². The molecule has 2 aliphatic rings. The highest BCUT2D eigenvalue weighted by Gasteiger charge is 2.32. The molecule has 1 amide bonds. The van der Waals surface area contributed by atoms with Crippen LogP contribution in [0.3, 0.4) is 0 Å². The van der Waals surface area contributed by atoms with Crippen LogP contribution in [0.2, 0.25) is 0 Å². The quantitative estimate of drug-likeness (QED) is 0.812. The molecule has 0 radical (unpaired) electrons. The summed E-state index contributed by atoms with van der Waals surface area (Å²) in [7, 11) is 0. The minimum absolute atomic E-state index is 0.151. The summed E-state index contributed by atoms with van der Waals surface area (Å²) in [6, 6.07) is 5.42. The van der Waals surface area contributed by atoms with Crippen molar-refractivity contribution in [3.8, 4) is 5.75 Å². The molecule has 120 valence electrons. The van der Waals surface area contributed by atoms with Crippen LogP contribution >= 0.6 is 0 Å². The van der Waals surface area contributed by atoms with Gasteiger partial charge in [0.25, 0.3) is 0 Å². The number of fused-ring (bicyclic) bond motifs is 1. The Balaban J connectivity index is 1.49. The Hall–Kier alpha value is -2.37. The van der Waals surface area contributed by atoms with E-state index >= 15 is 0 Å². The second-order valence-electron chi connectivity index (χ2n) is 6.46. The number of nitrogens with one attached hydrogen (secondary N) is 2. The Morgan fingerprint density at radius 3 is 2.91 bits per heavy atom. The van der Waals surface area contributed by atoms with Crippen LogP contribution in [0.1, 0.15) is 60.9 Å². The number of hydrogen-bond acceptors (Lipinski definition) is 4. The maximum atomic E-state index is 12.5. The lowest BCUT2D eigenvalue weighted by molar-refractivity contribution is -0.117. The monoisotopic (exact) mass is 312 g/mol. The summed E-state index contributed by atoms with van der Waals surface area (Å²) in [5.41, 5.74) is 1.79. The average molecular weight is 312 g/mol. The first-order valence-corrected chi connectivity index (χ1v) is 8.26. The van der Waals surface area contributed by atoms with Gasteiger partial charge in [-0.1, -0.05) is 25.0 Å². The molecule has 4 rings (SSSR count). The van der Waals surface area contributed by atoms with Crippen LogP contribution in [0.5, 0.6) is 5.75 Å². The van der Waals surface area contributed by atoms with Gasteiger partial charge in [0.15, 0.2) is 0 Å². The number of aromatic hydroxyl groups is 1. The molecule has 1 aromatic carbocycles. The van der Waals surface area contributed by atoms with E-state index in [0.29, 0.717) is 18.3 Å². The van der Waals surface area contributed by atoms with Crippen molar-refractivity contribution in [3.63, 3.8) is 0 Å². The topological polar surface area (TPSA) is 90.9 Å². The molecule has 1 saturated carbocycles. The van der Waals surface area contributed by atoms with E-state index in [1.165, 1.54) is 12.8 Å². The zero-order chi connectivity index (χ0) is 15.8. The Bertz CT molecular complexity index is 734. The van der Waals surface area contributed by atoms with Crippen LogP contribution in [0, 0.1) is 0 Å². The van der Waals surface area contributed by atoms with Crippen molar-refractivity contribution in [2.24, 2.45) is 0 Å². The lowest BCUT2D eigenvalue weighted by atomic mass is 9.99. The van der Waals surface area contributed by atoms with E-state index in [1.54, 1.807) is 6.07 Å². The first-order chi connectivity index (χ1) is 11.2. The number of anilines is 1. The summed E-state index contributed by atoms with van der Waals surface area (Å²) in [5, 5.41) is 19.9. The zero-order valence-corrected chi connectivity index (χ0v) is 12.9. The van der Waals surface area contributed by atoms with Crippen LogP contribution < -0.4 is 5.32 Å². The van der Waals surface area contributed by atoms with Crippen LogP contribution in [0.4, 0.5) is 5.95 Å². The SMILES string of the molecule is O=C(Nc1n[nH]c(C2CCCC2)n1)C1CCc2cccc(O)c21. The number of hydrogen-bond donors (Lipinski definition) is 3.